The number of hydrogen-bond acceptors (Lipinski definition) is 5. The first-order valence-corrected chi connectivity index (χ1v) is 1.50. The maximum atomic E-state index is 7.74. The van der Waals surface area contributed by atoms with E-state index in [2.05, 4.69) is 4.57 Å². The molecule has 0 aromatic heterocycles. The van der Waals surface area contributed by atoms with Crippen molar-refractivity contribution >= 4 is 14.6 Å². The molecule has 0 saturated heterocycles. The van der Waals surface area contributed by atoms with Gasteiger partial charge in [0.2, 0.25) is 0 Å². The quantitative estimate of drug-likeness (QED) is 0.335. The molecule has 0 rings (SSSR count). The van der Waals surface area contributed by atoms with E-state index in [0.717, 1.165) is 0 Å². The minimum atomic E-state index is -2.13. The fraction of sp³-hybridized carbons (Fsp3) is 0. The van der Waals surface area contributed by atoms with Crippen LogP contribution in [0, 0.1) is 0 Å². The topological polar surface area (TPSA) is 216 Å². The normalized spacial score (nSPS) is 4.62. The molecule has 12 N–H and O–H groups in total. The van der Waals surface area contributed by atoms with Gasteiger partial charge in [-0.05, 0) is 0 Å². The van der Waals surface area contributed by atoms with Gasteiger partial charge in [0.15, 0.2) is 0 Å². The van der Waals surface area contributed by atoms with Crippen LogP contribution in [-0.2, 0) is 4.57 Å². The second kappa shape index (κ2) is 29.2. The van der Waals surface area contributed by atoms with Crippen molar-refractivity contribution < 1.29 is 109 Å². The average molecular weight is 226 g/mol. The van der Waals surface area contributed by atoms with Crippen LogP contribution in [0.25, 0.3) is 0 Å². The molecule has 0 aromatic rings. The van der Waals surface area contributed by atoms with Crippen LogP contribution in [0.1, 0.15) is 2.85 Å². The molecule has 0 saturated carbocycles. The second-order valence-corrected chi connectivity index (χ2v) is 0.789. The molecule has 0 amide bonds. The van der Waals surface area contributed by atoms with E-state index in [9.17, 15) is 0 Å². The summed E-state index contributed by atoms with van der Waals surface area (Å²) in [5.41, 5.74) is 0. The molecule has 0 bridgehead atoms. The zero-order chi connectivity index (χ0) is 5.86. The summed E-state index contributed by atoms with van der Waals surface area (Å²) in [4.78, 5) is 0. The first kappa shape index (κ1) is 46.4. The number of rotatable bonds is 2. The third-order valence-electron chi connectivity index (χ3n) is 0.243. The zero-order valence-electron chi connectivity index (χ0n) is 9.35. The van der Waals surface area contributed by atoms with Crippen molar-refractivity contribution in [2.24, 2.45) is 0 Å². The molecule has 0 spiro atoms. The predicted octanol–water partition coefficient (Wildman–Crippen LogP) is -12.1. The molecule has 0 aliphatic rings. The summed E-state index contributed by atoms with van der Waals surface area (Å²) in [6.45, 7) is 0. The van der Waals surface area contributed by atoms with Crippen LogP contribution >= 0.6 is 0 Å². The van der Waals surface area contributed by atoms with E-state index in [1.807, 2.05) is 0 Å². The Bertz CT molecular complexity index is 53.4. The van der Waals surface area contributed by atoms with Crippen molar-refractivity contribution in [1.29, 1.82) is 0 Å². The van der Waals surface area contributed by atoms with Crippen molar-refractivity contribution in [3.05, 3.63) is 0 Å². The zero-order valence-corrected chi connectivity index (χ0v) is 11.4. The van der Waals surface area contributed by atoms with Gasteiger partial charge in [0, 0.05) is 0 Å². The molecule has 0 aliphatic carbocycles. The van der Waals surface area contributed by atoms with Crippen LogP contribution in [0.3, 0.4) is 0 Å². The molecule has 0 aromatic carbocycles. The van der Waals surface area contributed by atoms with E-state index in [1.165, 1.54) is 0 Å². The van der Waals surface area contributed by atoms with Gasteiger partial charge in [-0.25, -0.2) is 0 Å². The summed E-state index contributed by atoms with van der Waals surface area (Å²) < 4.78 is 3.47. The summed E-state index contributed by atoms with van der Waals surface area (Å²) >= 11 is 0. The van der Waals surface area contributed by atoms with Gasteiger partial charge in [-0.1, -0.05) is 0 Å². The van der Waals surface area contributed by atoms with Gasteiger partial charge in [-0.3, -0.25) is 0 Å². The van der Waals surface area contributed by atoms with Gasteiger partial charge in [0.1, 0.15) is 0 Å². The molecule has 13 heteroatoms. The first-order valence-electron chi connectivity index (χ1n) is 1.50. The van der Waals surface area contributed by atoms with Crippen molar-refractivity contribution in [3.8, 4) is 0 Å². The molecular weight excluding hydrogens is 212 g/mol. The summed E-state index contributed by atoms with van der Waals surface area (Å²) in [7, 11) is -4.25. The van der Waals surface area contributed by atoms with Gasteiger partial charge in [-0.2, -0.15) is 0 Å². The van der Waals surface area contributed by atoms with E-state index in [0.29, 0.717) is 0 Å². The van der Waals surface area contributed by atoms with Crippen LogP contribution in [-0.4, -0.2) is 56.6 Å². The SMILES string of the molecule is O.O.O.O.OB(O)OB(O)O.[H-].[H-].[Na+].[Na+]. The molecule has 0 radical (unpaired) electrons. The van der Waals surface area contributed by atoms with Gasteiger partial charge in [0.25, 0.3) is 0 Å². The van der Waals surface area contributed by atoms with Crippen LogP contribution in [0.5, 0.6) is 0 Å². The molecule has 0 heterocycles. The molecule has 0 unspecified atom stereocenters. The first-order chi connectivity index (χ1) is 3.13. The summed E-state index contributed by atoms with van der Waals surface area (Å²) in [6, 6.07) is 0. The largest absolute Gasteiger partial charge is 1.00 e. The summed E-state index contributed by atoms with van der Waals surface area (Å²) in [5.74, 6) is 0. The average Bonchev–Trinajstić information content (AvgIpc) is 1.27. The fourth-order valence-corrected chi connectivity index (χ4v) is 0.109. The van der Waals surface area contributed by atoms with E-state index in [-0.39, 0.29) is 83.9 Å². The molecule has 76 valence electrons. The standard InChI is InChI=1S/B2H4O5.2Na.4H2O.2H/c3-1(4)7-2(5)6;;;;;;;;/h3-6H;;;4*1H2;;/q;2*+1;;;;;2*-1. The molecule has 13 heavy (non-hydrogen) atoms. The Kier molecular flexibility index (Phi) is 104. The van der Waals surface area contributed by atoms with Crippen molar-refractivity contribution in [3.63, 3.8) is 0 Å². The molecular formula is H14B2Na2O9. The van der Waals surface area contributed by atoms with Crippen molar-refractivity contribution in [2.75, 3.05) is 0 Å². The van der Waals surface area contributed by atoms with Crippen molar-refractivity contribution in [1.82, 2.24) is 0 Å². The second-order valence-electron chi connectivity index (χ2n) is 0.789. The molecule has 9 nitrogen and oxygen atoms in total. The Hall–Kier alpha value is 1.77. The smallest absolute Gasteiger partial charge is 1.00 e. The molecule has 0 atom stereocenters. The van der Waals surface area contributed by atoms with Gasteiger partial charge in [-0.15, -0.1) is 0 Å². The van der Waals surface area contributed by atoms with E-state index < -0.39 is 14.6 Å². The minimum absolute atomic E-state index is 0. The maximum absolute atomic E-state index is 7.74. The summed E-state index contributed by atoms with van der Waals surface area (Å²) in [5, 5.41) is 30.9. The third-order valence-corrected chi connectivity index (χ3v) is 0.243. The van der Waals surface area contributed by atoms with Crippen LogP contribution in [0.2, 0.25) is 0 Å². The monoisotopic (exact) mass is 226 g/mol. The van der Waals surface area contributed by atoms with Gasteiger partial charge < -0.3 is 49.4 Å². The van der Waals surface area contributed by atoms with Gasteiger partial charge in [0.05, 0.1) is 0 Å². The van der Waals surface area contributed by atoms with Crippen LogP contribution in [0.4, 0.5) is 0 Å². The maximum Gasteiger partial charge on any atom is 1.00 e. The van der Waals surface area contributed by atoms with E-state index >= 15 is 0 Å². The van der Waals surface area contributed by atoms with Crippen molar-refractivity contribution in [2.45, 2.75) is 0 Å². The van der Waals surface area contributed by atoms with E-state index in [4.69, 9.17) is 20.1 Å². The molecule has 0 aliphatic heterocycles. The van der Waals surface area contributed by atoms with Gasteiger partial charge >= 0.3 is 73.8 Å². The minimum Gasteiger partial charge on any atom is -1.00 e. The Morgan fingerprint density at radius 2 is 0.846 bits per heavy atom. The summed E-state index contributed by atoms with van der Waals surface area (Å²) in [6.07, 6.45) is 0. The van der Waals surface area contributed by atoms with Crippen LogP contribution < -0.4 is 59.1 Å². The Morgan fingerprint density at radius 3 is 0.846 bits per heavy atom. The predicted molar refractivity (Wildman–Crippen MR) is 38.1 cm³/mol. The Morgan fingerprint density at radius 1 is 0.692 bits per heavy atom. The fourth-order valence-electron chi connectivity index (χ4n) is 0.109. The van der Waals surface area contributed by atoms with E-state index in [1.54, 1.807) is 0 Å². The number of hydrogen-bond donors (Lipinski definition) is 4. The van der Waals surface area contributed by atoms with Crippen LogP contribution in [0.15, 0.2) is 0 Å². The third kappa shape index (κ3) is 57.3. The Balaban J connectivity index is -0.00000000643. The molecule has 0 fully saturated rings. The Labute approximate surface area is 122 Å².